The van der Waals surface area contributed by atoms with E-state index in [0.29, 0.717) is 19.3 Å². The van der Waals surface area contributed by atoms with Crippen LogP contribution in [0.1, 0.15) is 335 Å². The van der Waals surface area contributed by atoms with Gasteiger partial charge in [0.25, 0.3) is 0 Å². The molecule has 0 rings (SSSR count). The number of hydrogen-bond donors (Lipinski definition) is 0. The van der Waals surface area contributed by atoms with Gasteiger partial charge in [0.1, 0.15) is 13.2 Å². The number of rotatable bonds is 57. The molecule has 0 saturated heterocycles. The van der Waals surface area contributed by atoms with Crippen LogP contribution in [0.2, 0.25) is 0 Å². The van der Waals surface area contributed by atoms with Gasteiger partial charge in [0.2, 0.25) is 0 Å². The SMILES string of the molecule is CCCCCC/C=C\C/C=C\CCCCCCCC(=O)OC(COC(=O)CCCCCCC/C=C\CCCCCC)COC(=O)CCCCCCCCCCCCCCCCCCCCCCCCC. The molecule has 0 aromatic carbocycles. The first-order chi connectivity index (χ1) is 34.5. The highest BCUT2D eigenvalue weighted by atomic mass is 16.6. The number of allylic oxidation sites excluding steroid dienone is 6. The van der Waals surface area contributed by atoms with Crippen molar-refractivity contribution in [2.24, 2.45) is 0 Å². The van der Waals surface area contributed by atoms with Crippen molar-refractivity contribution < 1.29 is 28.6 Å². The van der Waals surface area contributed by atoms with Crippen molar-refractivity contribution in [1.82, 2.24) is 0 Å². The fourth-order valence-corrected chi connectivity index (χ4v) is 9.18. The Morgan fingerprint density at radius 1 is 0.286 bits per heavy atom. The van der Waals surface area contributed by atoms with Crippen molar-refractivity contribution in [1.29, 1.82) is 0 Å². The van der Waals surface area contributed by atoms with E-state index in [0.717, 1.165) is 89.9 Å². The third-order valence-electron chi connectivity index (χ3n) is 13.9. The minimum absolute atomic E-state index is 0.0767. The Morgan fingerprint density at radius 2 is 0.514 bits per heavy atom. The molecule has 0 saturated carbocycles. The van der Waals surface area contributed by atoms with E-state index >= 15 is 0 Å². The molecule has 0 amide bonds. The summed E-state index contributed by atoms with van der Waals surface area (Å²) >= 11 is 0. The van der Waals surface area contributed by atoms with Crippen LogP contribution < -0.4 is 0 Å². The van der Waals surface area contributed by atoms with Gasteiger partial charge in [-0.05, 0) is 77.0 Å². The van der Waals surface area contributed by atoms with E-state index in [9.17, 15) is 14.4 Å². The molecular formula is C64H118O6. The fourth-order valence-electron chi connectivity index (χ4n) is 9.18. The Balaban J connectivity index is 4.27. The molecule has 6 nitrogen and oxygen atoms in total. The molecule has 0 bridgehead atoms. The van der Waals surface area contributed by atoms with Gasteiger partial charge in [-0.1, -0.05) is 276 Å². The van der Waals surface area contributed by atoms with E-state index in [4.69, 9.17) is 14.2 Å². The average Bonchev–Trinajstić information content (AvgIpc) is 3.36. The number of unbranched alkanes of at least 4 members (excludes halogenated alkanes) is 40. The minimum atomic E-state index is -0.780. The van der Waals surface area contributed by atoms with Gasteiger partial charge < -0.3 is 14.2 Å². The lowest BCUT2D eigenvalue weighted by Gasteiger charge is -2.18. The molecule has 0 spiro atoms. The van der Waals surface area contributed by atoms with Crippen molar-refractivity contribution in [3.05, 3.63) is 36.5 Å². The Bertz CT molecular complexity index is 1170. The lowest BCUT2D eigenvalue weighted by molar-refractivity contribution is -0.167. The normalized spacial score (nSPS) is 12.2. The zero-order valence-electron chi connectivity index (χ0n) is 47.1. The fraction of sp³-hybridized carbons (Fsp3) is 0.859. The van der Waals surface area contributed by atoms with Gasteiger partial charge in [-0.25, -0.2) is 0 Å². The standard InChI is InChI=1S/C64H118O6/c1-4-7-10-13-16-19-22-25-27-29-30-31-32-33-34-35-37-39-42-45-48-51-54-57-63(66)69-60-61(59-68-62(65)56-53-50-47-44-41-38-24-21-18-15-12-9-6-3)70-64(67)58-55-52-49-46-43-40-36-28-26-23-20-17-14-11-8-5-2/h20-21,23-24,28,36,61H,4-19,22,25-27,29-35,37-60H2,1-3H3/b23-20-,24-21-,36-28-. The largest absolute Gasteiger partial charge is 0.462 e. The Kier molecular flexibility index (Phi) is 57.2. The number of hydrogen-bond acceptors (Lipinski definition) is 6. The van der Waals surface area contributed by atoms with Gasteiger partial charge >= 0.3 is 17.9 Å². The first-order valence-corrected chi connectivity index (χ1v) is 31.0. The van der Waals surface area contributed by atoms with Gasteiger partial charge in [-0.2, -0.15) is 0 Å². The van der Waals surface area contributed by atoms with Gasteiger partial charge in [0, 0.05) is 19.3 Å². The Morgan fingerprint density at radius 3 is 0.814 bits per heavy atom. The molecule has 0 heterocycles. The maximum Gasteiger partial charge on any atom is 0.306 e. The molecule has 6 heteroatoms. The van der Waals surface area contributed by atoms with E-state index < -0.39 is 6.10 Å². The summed E-state index contributed by atoms with van der Waals surface area (Å²) in [6.07, 6.45) is 71.5. The van der Waals surface area contributed by atoms with Crippen molar-refractivity contribution >= 4 is 17.9 Å². The molecule has 410 valence electrons. The lowest BCUT2D eigenvalue weighted by Crippen LogP contribution is -2.30. The second-order valence-electron chi connectivity index (χ2n) is 21.0. The predicted molar refractivity (Wildman–Crippen MR) is 302 cm³/mol. The monoisotopic (exact) mass is 983 g/mol. The van der Waals surface area contributed by atoms with Gasteiger partial charge in [0.15, 0.2) is 6.10 Å². The molecular weight excluding hydrogens is 865 g/mol. The van der Waals surface area contributed by atoms with Crippen LogP contribution in [0.3, 0.4) is 0 Å². The quantitative estimate of drug-likeness (QED) is 0.0261. The van der Waals surface area contributed by atoms with Gasteiger partial charge in [-0.3, -0.25) is 14.4 Å². The number of esters is 3. The number of carbonyl (C=O) groups excluding carboxylic acids is 3. The first-order valence-electron chi connectivity index (χ1n) is 31.0. The van der Waals surface area contributed by atoms with Crippen LogP contribution in [0, 0.1) is 0 Å². The van der Waals surface area contributed by atoms with Crippen LogP contribution in [-0.4, -0.2) is 37.2 Å². The summed E-state index contributed by atoms with van der Waals surface area (Å²) < 4.78 is 16.9. The van der Waals surface area contributed by atoms with Crippen molar-refractivity contribution in [3.8, 4) is 0 Å². The molecule has 0 aromatic heterocycles. The lowest BCUT2D eigenvalue weighted by atomic mass is 10.0. The van der Waals surface area contributed by atoms with Crippen LogP contribution in [-0.2, 0) is 28.6 Å². The molecule has 0 aliphatic carbocycles. The smallest absolute Gasteiger partial charge is 0.306 e. The molecule has 0 radical (unpaired) electrons. The summed E-state index contributed by atoms with van der Waals surface area (Å²) in [5.41, 5.74) is 0. The highest BCUT2D eigenvalue weighted by Crippen LogP contribution is 2.17. The summed E-state index contributed by atoms with van der Waals surface area (Å²) in [6, 6.07) is 0. The summed E-state index contributed by atoms with van der Waals surface area (Å²) in [7, 11) is 0. The zero-order valence-corrected chi connectivity index (χ0v) is 47.1. The summed E-state index contributed by atoms with van der Waals surface area (Å²) in [5, 5.41) is 0. The van der Waals surface area contributed by atoms with Gasteiger partial charge in [-0.15, -0.1) is 0 Å². The number of carbonyl (C=O) groups is 3. The molecule has 1 atom stereocenters. The molecule has 0 aliphatic heterocycles. The molecule has 70 heavy (non-hydrogen) atoms. The van der Waals surface area contributed by atoms with Crippen LogP contribution in [0.25, 0.3) is 0 Å². The second-order valence-corrected chi connectivity index (χ2v) is 21.0. The second kappa shape index (κ2) is 59.2. The molecule has 0 N–H and O–H groups in total. The molecule has 0 aliphatic rings. The minimum Gasteiger partial charge on any atom is -0.462 e. The summed E-state index contributed by atoms with van der Waals surface area (Å²) in [4.78, 5) is 38.2. The van der Waals surface area contributed by atoms with Crippen LogP contribution in [0.15, 0.2) is 36.5 Å². The third-order valence-corrected chi connectivity index (χ3v) is 13.9. The Hall–Kier alpha value is -2.37. The van der Waals surface area contributed by atoms with Crippen LogP contribution >= 0.6 is 0 Å². The topological polar surface area (TPSA) is 78.9 Å². The van der Waals surface area contributed by atoms with E-state index in [1.54, 1.807) is 0 Å². The molecule has 0 fully saturated rings. The maximum atomic E-state index is 12.9. The average molecular weight is 984 g/mol. The van der Waals surface area contributed by atoms with Crippen molar-refractivity contribution in [2.75, 3.05) is 13.2 Å². The maximum absolute atomic E-state index is 12.9. The van der Waals surface area contributed by atoms with E-state index in [1.807, 2.05) is 0 Å². The van der Waals surface area contributed by atoms with Crippen LogP contribution in [0.5, 0.6) is 0 Å². The Labute approximate surface area is 435 Å². The van der Waals surface area contributed by atoms with Gasteiger partial charge in [0.05, 0.1) is 0 Å². The van der Waals surface area contributed by atoms with Crippen LogP contribution in [0.4, 0.5) is 0 Å². The highest BCUT2D eigenvalue weighted by Gasteiger charge is 2.19. The van der Waals surface area contributed by atoms with E-state index in [-0.39, 0.29) is 31.1 Å². The summed E-state index contributed by atoms with van der Waals surface area (Å²) in [6.45, 7) is 6.64. The van der Waals surface area contributed by atoms with Crippen molar-refractivity contribution in [3.63, 3.8) is 0 Å². The van der Waals surface area contributed by atoms with E-state index in [2.05, 4.69) is 57.2 Å². The third kappa shape index (κ3) is 56.5. The number of ether oxygens (including phenoxy) is 3. The summed E-state index contributed by atoms with van der Waals surface area (Å²) in [5.74, 6) is -0.880. The highest BCUT2D eigenvalue weighted by molar-refractivity contribution is 5.71. The molecule has 1 unspecified atom stereocenters. The van der Waals surface area contributed by atoms with E-state index in [1.165, 1.54) is 205 Å². The van der Waals surface area contributed by atoms with Crippen molar-refractivity contribution in [2.45, 2.75) is 341 Å². The molecule has 0 aromatic rings. The predicted octanol–water partition coefficient (Wildman–Crippen LogP) is 20.8. The zero-order chi connectivity index (χ0) is 50.7. The first kappa shape index (κ1) is 67.6.